The quantitative estimate of drug-likeness (QED) is 0.629. The predicted octanol–water partition coefficient (Wildman–Crippen LogP) is 1.48. The molecule has 0 bridgehead atoms. The largest absolute Gasteiger partial charge is 0.355 e. The first-order chi connectivity index (χ1) is 9.69. The smallest absolute Gasteiger partial charge is 0.252 e. The molecule has 20 heavy (non-hydrogen) atoms. The Morgan fingerprint density at radius 2 is 2.10 bits per heavy atom. The topological polar surface area (TPSA) is 58.2 Å². The maximum Gasteiger partial charge on any atom is 0.252 e. The second-order valence-corrected chi connectivity index (χ2v) is 4.03. The third-order valence-electron chi connectivity index (χ3n) is 2.57. The van der Waals surface area contributed by atoms with E-state index in [0.29, 0.717) is 24.0 Å². The summed E-state index contributed by atoms with van der Waals surface area (Å²) in [5, 5.41) is 5.26. The Hall–Kier alpha value is -2.54. The maximum absolute atomic E-state index is 11.6. The van der Waals surface area contributed by atoms with E-state index in [9.17, 15) is 9.59 Å². The van der Waals surface area contributed by atoms with Crippen molar-refractivity contribution in [2.24, 2.45) is 0 Å². The molecule has 0 fully saturated rings. The Bertz CT molecular complexity index is 553. The van der Waals surface area contributed by atoms with Gasteiger partial charge in [-0.2, -0.15) is 0 Å². The zero-order valence-electron chi connectivity index (χ0n) is 11.5. The molecular weight excluding hydrogens is 252 g/mol. The number of rotatable bonds is 5. The summed E-state index contributed by atoms with van der Waals surface area (Å²) in [5.74, 6) is 5.50. The lowest BCUT2D eigenvalue weighted by atomic mass is 10.1. The summed E-state index contributed by atoms with van der Waals surface area (Å²) in [4.78, 5) is 23.0. The molecule has 0 heterocycles. The van der Waals surface area contributed by atoms with E-state index in [-0.39, 0.29) is 18.4 Å². The van der Waals surface area contributed by atoms with Gasteiger partial charge < -0.3 is 10.6 Å². The molecule has 104 valence electrons. The molecule has 1 aromatic carbocycles. The fourth-order valence-corrected chi connectivity index (χ4v) is 1.53. The van der Waals surface area contributed by atoms with Crippen LogP contribution in [0.5, 0.6) is 0 Å². The van der Waals surface area contributed by atoms with E-state index < -0.39 is 0 Å². The summed E-state index contributed by atoms with van der Waals surface area (Å²) >= 11 is 0. The van der Waals surface area contributed by atoms with Crippen molar-refractivity contribution in [1.82, 2.24) is 10.6 Å². The molecule has 0 aliphatic rings. The molecule has 0 saturated heterocycles. The number of amides is 2. The second kappa shape index (κ2) is 8.54. The lowest BCUT2D eigenvalue weighted by Crippen LogP contribution is -2.23. The van der Waals surface area contributed by atoms with Gasteiger partial charge in [-0.15, -0.1) is 6.58 Å². The molecule has 2 amide bonds. The highest BCUT2D eigenvalue weighted by atomic mass is 16.2. The summed E-state index contributed by atoms with van der Waals surface area (Å²) in [6, 6.07) is 7.09. The lowest BCUT2D eigenvalue weighted by Gasteiger charge is -2.02. The fraction of sp³-hybridized carbons (Fsp3) is 0.250. The van der Waals surface area contributed by atoms with Crippen LogP contribution in [0.3, 0.4) is 0 Å². The molecular formula is C16H18N2O2. The first-order valence-electron chi connectivity index (χ1n) is 6.36. The van der Waals surface area contributed by atoms with E-state index in [1.165, 1.54) is 0 Å². The van der Waals surface area contributed by atoms with Gasteiger partial charge in [-0.25, -0.2) is 0 Å². The molecule has 4 nitrogen and oxygen atoms in total. The lowest BCUT2D eigenvalue weighted by molar-refractivity contribution is -0.120. The van der Waals surface area contributed by atoms with Crippen LogP contribution in [0, 0.1) is 11.8 Å². The zero-order chi connectivity index (χ0) is 14.8. The molecule has 4 heteroatoms. The number of benzene rings is 1. The molecule has 0 radical (unpaired) electrons. The Morgan fingerprint density at radius 3 is 2.80 bits per heavy atom. The summed E-state index contributed by atoms with van der Waals surface area (Å²) in [5.41, 5.74) is 1.17. The number of hydrogen-bond donors (Lipinski definition) is 2. The van der Waals surface area contributed by atoms with E-state index in [2.05, 4.69) is 29.1 Å². The van der Waals surface area contributed by atoms with Crippen molar-refractivity contribution in [2.75, 3.05) is 13.6 Å². The van der Waals surface area contributed by atoms with Crippen molar-refractivity contribution in [1.29, 1.82) is 0 Å². The first-order valence-corrected chi connectivity index (χ1v) is 6.36. The zero-order valence-corrected chi connectivity index (χ0v) is 11.5. The van der Waals surface area contributed by atoms with E-state index in [4.69, 9.17) is 0 Å². The Balaban J connectivity index is 2.62. The van der Waals surface area contributed by atoms with E-state index in [0.717, 1.165) is 0 Å². The van der Waals surface area contributed by atoms with Gasteiger partial charge in [0.2, 0.25) is 5.91 Å². The molecule has 0 unspecified atom stereocenters. The summed E-state index contributed by atoms with van der Waals surface area (Å²) in [6.07, 6.45) is 2.77. The number of nitrogens with one attached hydrogen (secondary N) is 2. The van der Waals surface area contributed by atoms with Crippen molar-refractivity contribution in [2.45, 2.75) is 12.8 Å². The van der Waals surface area contributed by atoms with Crippen LogP contribution in [0.15, 0.2) is 36.9 Å². The normalized spacial score (nSPS) is 9.05. The molecule has 0 aliphatic heterocycles. The van der Waals surface area contributed by atoms with E-state index in [1.807, 2.05) is 6.07 Å². The fourth-order valence-electron chi connectivity index (χ4n) is 1.53. The highest BCUT2D eigenvalue weighted by Gasteiger charge is 2.06. The Kier molecular flexibility index (Phi) is 6.63. The van der Waals surface area contributed by atoms with Crippen LogP contribution < -0.4 is 10.6 Å². The minimum atomic E-state index is -0.176. The van der Waals surface area contributed by atoms with Crippen molar-refractivity contribution >= 4 is 11.8 Å². The molecule has 2 N–H and O–H groups in total. The van der Waals surface area contributed by atoms with Gasteiger partial charge in [0.1, 0.15) is 0 Å². The molecule has 1 rings (SSSR count). The SMILES string of the molecule is C=CCCC(=O)NCC#Cc1ccccc1C(=O)NC. The van der Waals surface area contributed by atoms with E-state index in [1.54, 1.807) is 31.3 Å². The number of carbonyl (C=O) groups is 2. The molecule has 0 saturated carbocycles. The van der Waals surface area contributed by atoms with Crippen molar-refractivity contribution in [3.05, 3.63) is 48.0 Å². The van der Waals surface area contributed by atoms with Crippen molar-refractivity contribution in [3.63, 3.8) is 0 Å². The molecule has 1 aromatic rings. The van der Waals surface area contributed by atoms with Crippen LogP contribution in [-0.4, -0.2) is 25.4 Å². The van der Waals surface area contributed by atoms with Gasteiger partial charge in [0.15, 0.2) is 0 Å². The number of carbonyl (C=O) groups excluding carboxylic acids is 2. The molecule has 0 spiro atoms. The minimum absolute atomic E-state index is 0.0567. The van der Waals surface area contributed by atoms with Crippen LogP contribution in [0.2, 0.25) is 0 Å². The monoisotopic (exact) mass is 270 g/mol. The molecule has 0 atom stereocenters. The van der Waals surface area contributed by atoms with Crippen LogP contribution in [0.4, 0.5) is 0 Å². The Morgan fingerprint density at radius 1 is 1.35 bits per heavy atom. The summed E-state index contributed by atoms with van der Waals surface area (Å²) < 4.78 is 0. The third kappa shape index (κ3) is 4.99. The van der Waals surface area contributed by atoms with Crippen molar-refractivity contribution < 1.29 is 9.59 Å². The highest BCUT2D eigenvalue weighted by Crippen LogP contribution is 2.06. The van der Waals surface area contributed by atoms with Crippen molar-refractivity contribution in [3.8, 4) is 11.8 Å². The average molecular weight is 270 g/mol. The van der Waals surface area contributed by atoms with Gasteiger partial charge in [-0.05, 0) is 18.6 Å². The van der Waals surface area contributed by atoms with E-state index >= 15 is 0 Å². The molecule has 0 aromatic heterocycles. The Labute approximate surface area is 119 Å². The third-order valence-corrected chi connectivity index (χ3v) is 2.57. The first kappa shape index (κ1) is 15.5. The second-order valence-electron chi connectivity index (χ2n) is 4.03. The standard InChI is InChI=1S/C16H18N2O2/c1-3-4-11-15(19)18-12-7-9-13-8-5-6-10-14(13)16(20)17-2/h3,5-6,8,10H,1,4,11-12H2,2H3,(H,17,20)(H,18,19). The minimum Gasteiger partial charge on any atom is -0.355 e. The maximum atomic E-state index is 11.6. The predicted molar refractivity (Wildman–Crippen MR) is 79.2 cm³/mol. The van der Waals surface area contributed by atoms with Crippen LogP contribution in [0.25, 0.3) is 0 Å². The average Bonchev–Trinajstić information content (AvgIpc) is 2.49. The van der Waals surface area contributed by atoms with Crippen LogP contribution in [0.1, 0.15) is 28.8 Å². The number of hydrogen-bond acceptors (Lipinski definition) is 2. The highest BCUT2D eigenvalue weighted by molar-refractivity contribution is 5.96. The van der Waals surface area contributed by atoms with Crippen LogP contribution in [-0.2, 0) is 4.79 Å². The summed E-state index contributed by atoms with van der Waals surface area (Å²) in [7, 11) is 1.58. The van der Waals surface area contributed by atoms with Gasteiger partial charge in [-0.3, -0.25) is 9.59 Å². The molecule has 0 aliphatic carbocycles. The van der Waals surface area contributed by atoms with Gasteiger partial charge in [0.25, 0.3) is 5.91 Å². The summed E-state index contributed by atoms with van der Waals surface area (Å²) in [6.45, 7) is 3.82. The van der Waals surface area contributed by atoms with Gasteiger partial charge in [-0.1, -0.05) is 30.0 Å². The van der Waals surface area contributed by atoms with Gasteiger partial charge in [0, 0.05) is 19.0 Å². The van der Waals surface area contributed by atoms with Gasteiger partial charge in [0.05, 0.1) is 12.1 Å². The number of allylic oxidation sites excluding steroid dienone is 1. The van der Waals surface area contributed by atoms with Gasteiger partial charge >= 0.3 is 0 Å². The van der Waals surface area contributed by atoms with Crippen LogP contribution >= 0.6 is 0 Å².